The number of thioether (sulfide) groups is 1. The van der Waals surface area contributed by atoms with Crippen LogP contribution in [0.25, 0.3) is 0 Å². The average Bonchev–Trinajstić information content (AvgIpc) is 2.36. The van der Waals surface area contributed by atoms with Gasteiger partial charge in [0.15, 0.2) is 0 Å². The summed E-state index contributed by atoms with van der Waals surface area (Å²) in [6.45, 7) is -0.0180. The molecule has 0 aliphatic heterocycles. The van der Waals surface area contributed by atoms with Gasteiger partial charge in [0.05, 0.1) is 15.7 Å². The summed E-state index contributed by atoms with van der Waals surface area (Å²) >= 11 is 1.37. The van der Waals surface area contributed by atoms with Crippen LogP contribution in [0.5, 0.6) is 5.75 Å². The van der Waals surface area contributed by atoms with Crippen LogP contribution in [0.3, 0.4) is 0 Å². The Kier molecular flexibility index (Phi) is 4.11. The molecule has 0 fully saturated rings. The summed E-state index contributed by atoms with van der Waals surface area (Å²) in [5, 5.41) is 29.2. The van der Waals surface area contributed by atoms with E-state index in [-0.39, 0.29) is 12.4 Å². The van der Waals surface area contributed by atoms with E-state index in [0.717, 1.165) is 0 Å². The van der Waals surface area contributed by atoms with Crippen LogP contribution in [0.4, 0.5) is 0 Å². The highest BCUT2D eigenvalue weighted by molar-refractivity contribution is 8.01. The van der Waals surface area contributed by atoms with Gasteiger partial charge < -0.3 is 15.3 Å². The minimum Gasteiger partial charge on any atom is -0.507 e. The number of aliphatic hydroxyl groups excluding tert-OH is 2. The van der Waals surface area contributed by atoms with Crippen LogP contribution < -0.4 is 0 Å². The standard InChI is InChI=1S/C14H16O3S/c15-10-9-14(8-4-3-7-13(14)17)18-12-6-2-1-5-11(12)16/h1-8,13,15-17H,9-10H2. The first-order chi connectivity index (χ1) is 8.68. The van der Waals surface area contributed by atoms with Crippen LogP contribution in [0.1, 0.15) is 6.42 Å². The molecule has 2 atom stereocenters. The first kappa shape index (κ1) is 13.2. The van der Waals surface area contributed by atoms with Crippen molar-refractivity contribution in [3.05, 3.63) is 48.6 Å². The summed E-state index contributed by atoms with van der Waals surface area (Å²) in [6.07, 6.45) is 6.96. The van der Waals surface area contributed by atoms with E-state index in [0.29, 0.717) is 11.3 Å². The number of rotatable bonds is 4. The maximum absolute atomic E-state index is 10.2. The Bertz CT molecular complexity index is 470. The molecule has 1 aromatic rings. The number of para-hydroxylation sites is 1. The fourth-order valence-corrected chi connectivity index (χ4v) is 3.22. The van der Waals surface area contributed by atoms with E-state index in [1.165, 1.54) is 11.8 Å². The first-order valence-electron chi connectivity index (χ1n) is 5.80. The van der Waals surface area contributed by atoms with Crippen LogP contribution in [-0.2, 0) is 0 Å². The predicted molar refractivity (Wildman–Crippen MR) is 72.7 cm³/mol. The van der Waals surface area contributed by atoms with Gasteiger partial charge in [-0.05, 0) is 18.6 Å². The summed E-state index contributed by atoms with van der Waals surface area (Å²) in [5.74, 6) is 0.190. The van der Waals surface area contributed by atoms with E-state index in [4.69, 9.17) is 0 Å². The van der Waals surface area contributed by atoms with Crippen LogP contribution in [0.2, 0.25) is 0 Å². The smallest absolute Gasteiger partial charge is 0.129 e. The lowest BCUT2D eigenvalue weighted by Gasteiger charge is -2.34. The maximum atomic E-state index is 10.2. The molecule has 3 N–H and O–H groups in total. The zero-order valence-corrected chi connectivity index (χ0v) is 10.7. The second kappa shape index (κ2) is 5.61. The molecule has 3 nitrogen and oxygen atoms in total. The van der Waals surface area contributed by atoms with Gasteiger partial charge in [-0.15, -0.1) is 11.8 Å². The molecule has 0 aromatic heterocycles. The van der Waals surface area contributed by atoms with Crippen molar-refractivity contribution in [3.8, 4) is 5.75 Å². The highest BCUT2D eigenvalue weighted by atomic mass is 32.2. The molecule has 1 aromatic carbocycles. The molecular formula is C14H16O3S. The predicted octanol–water partition coefficient (Wildman–Crippen LogP) is 2.09. The van der Waals surface area contributed by atoms with Crippen LogP contribution in [0.15, 0.2) is 53.5 Å². The van der Waals surface area contributed by atoms with Crippen molar-refractivity contribution in [1.82, 2.24) is 0 Å². The summed E-state index contributed by atoms with van der Waals surface area (Å²) < 4.78 is -0.623. The van der Waals surface area contributed by atoms with E-state index in [1.54, 1.807) is 30.4 Å². The van der Waals surface area contributed by atoms with E-state index < -0.39 is 10.9 Å². The molecule has 2 rings (SSSR count). The molecule has 1 aliphatic rings. The van der Waals surface area contributed by atoms with Gasteiger partial charge in [0.1, 0.15) is 5.75 Å². The number of aromatic hydroxyl groups is 1. The maximum Gasteiger partial charge on any atom is 0.129 e. The molecule has 4 heteroatoms. The minimum atomic E-state index is -0.681. The molecule has 0 spiro atoms. The molecule has 96 valence electrons. The topological polar surface area (TPSA) is 60.7 Å². The Labute approximate surface area is 110 Å². The zero-order valence-electron chi connectivity index (χ0n) is 9.86. The van der Waals surface area contributed by atoms with E-state index in [1.807, 2.05) is 18.2 Å². The lowest BCUT2D eigenvalue weighted by Crippen LogP contribution is -2.38. The number of phenols is 1. The third kappa shape index (κ3) is 2.61. The quantitative estimate of drug-likeness (QED) is 0.779. The van der Waals surface area contributed by atoms with Gasteiger partial charge in [-0.1, -0.05) is 36.4 Å². The Morgan fingerprint density at radius 1 is 1.22 bits per heavy atom. The van der Waals surface area contributed by atoms with Gasteiger partial charge in [-0.2, -0.15) is 0 Å². The first-order valence-corrected chi connectivity index (χ1v) is 6.61. The van der Waals surface area contributed by atoms with Crippen LogP contribution >= 0.6 is 11.8 Å². The van der Waals surface area contributed by atoms with Crippen molar-refractivity contribution < 1.29 is 15.3 Å². The number of allylic oxidation sites excluding steroid dienone is 2. The lowest BCUT2D eigenvalue weighted by molar-refractivity contribution is 0.168. The molecule has 0 saturated carbocycles. The van der Waals surface area contributed by atoms with Crippen molar-refractivity contribution in [3.63, 3.8) is 0 Å². The van der Waals surface area contributed by atoms with Gasteiger partial charge in [-0.25, -0.2) is 0 Å². The zero-order chi connectivity index (χ0) is 13.0. The Hall–Kier alpha value is -1.23. The fraction of sp³-hybridized carbons (Fsp3) is 0.286. The summed E-state index contributed by atoms with van der Waals surface area (Å²) in [7, 11) is 0. The van der Waals surface area contributed by atoms with Gasteiger partial charge in [0.25, 0.3) is 0 Å². The molecule has 0 bridgehead atoms. The normalized spacial score (nSPS) is 26.4. The molecular weight excluding hydrogens is 248 g/mol. The van der Waals surface area contributed by atoms with Crippen molar-refractivity contribution in [2.45, 2.75) is 22.2 Å². The Morgan fingerprint density at radius 3 is 2.67 bits per heavy atom. The van der Waals surface area contributed by atoms with Crippen LogP contribution in [-0.4, -0.2) is 32.8 Å². The number of hydrogen-bond donors (Lipinski definition) is 3. The van der Waals surface area contributed by atoms with Gasteiger partial charge in [0.2, 0.25) is 0 Å². The van der Waals surface area contributed by atoms with E-state index in [9.17, 15) is 15.3 Å². The lowest BCUT2D eigenvalue weighted by atomic mass is 9.93. The highest BCUT2D eigenvalue weighted by Gasteiger charge is 2.36. The molecule has 18 heavy (non-hydrogen) atoms. The second-order valence-electron chi connectivity index (χ2n) is 4.19. The number of phenolic OH excluding ortho intramolecular Hbond substituents is 1. The Morgan fingerprint density at radius 2 is 2.00 bits per heavy atom. The largest absolute Gasteiger partial charge is 0.507 e. The molecule has 0 amide bonds. The van der Waals surface area contributed by atoms with Crippen molar-refractivity contribution >= 4 is 11.8 Å². The second-order valence-corrected chi connectivity index (χ2v) is 5.59. The number of aliphatic hydroxyl groups is 2. The van der Waals surface area contributed by atoms with Gasteiger partial charge >= 0.3 is 0 Å². The van der Waals surface area contributed by atoms with Gasteiger partial charge in [-0.3, -0.25) is 0 Å². The fourth-order valence-electron chi connectivity index (χ4n) is 1.95. The Balaban J connectivity index is 2.29. The molecule has 0 radical (unpaired) electrons. The summed E-state index contributed by atoms with van der Waals surface area (Å²) in [5.41, 5.74) is 0. The third-order valence-electron chi connectivity index (χ3n) is 2.95. The number of hydrogen-bond acceptors (Lipinski definition) is 4. The molecule has 0 heterocycles. The summed E-state index contributed by atoms with van der Waals surface area (Å²) in [6, 6.07) is 7.01. The molecule has 1 aliphatic carbocycles. The molecule has 0 saturated heterocycles. The van der Waals surface area contributed by atoms with E-state index >= 15 is 0 Å². The monoisotopic (exact) mass is 264 g/mol. The molecule has 2 unspecified atom stereocenters. The third-order valence-corrected chi connectivity index (χ3v) is 4.48. The van der Waals surface area contributed by atoms with Crippen molar-refractivity contribution in [2.24, 2.45) is 0 Å². The SMILES string of the molecule is OCCC1(Sc2ccccc2O)C=CC=CC1O. The van der Waals surface area contributed by atoms with Crippen LogP contribution in [0, 0.1) is 0 Å². The van der Waals surface area contributed by atoms with Crippen molar-refractivity contribution in [1.29, 1.82) is 0 Å². The van der Waals surface area contributed by atoms with Gasteiger partial charge in [0, 0.05) is 6.61 Å². The van der Waals surface area contributed by atoms with E-state index in [2.05, 4.69) is 0 Å². The average molecular weight is 264 g/mol. The number of benzene rings is 1. The highest BCUT2D eigenvalue weighted by Crippen LogP contribution is 2.44. The summed E-state index contributed by atoms with van der Waals surface area (Å²) in [4.78, 5) is 0.699. The van der Waals surface area contributed by atoms with Crippen molar-refractivity contribution in [2.75, 3.05) is 6.61 Å². The minimum absolute atomic E-state index is 0.0180.